The van der Waals surface area contributed by atoms with Gasteiger partial charge in [-0.2, -0.15) is 0 Å². The third-order valence-corrected chi connectivity index (χ3v) is 6.83. The summed E-state index contributed by atoms with van der Waals surface area (Å²) >= 11 is 5.81. The second kappa shape index (κ2) is 11.3. The van der Waals surface area contributed by atoms with E-state index >= 15 is 4.39 Å². The summed E-state index contributed by atoms with van der Waals surface area (Å²) in [5.74, 6) is 0.589. The van der Waals surface area contributed by atoms with Crippen molar-refractivity contribution in [3.05, 3.63) is 130 Å². The fourth-order valence-electron chi connectivity index (χ4n) is 4.52. The Morgan fingerprint density at radius 1 is 0.951 bits per heavy atom. The summed E-state index contributed by atoms with van der Waals surface area (Å²) in [7, 11) is 0. The van der Waals surface area contributed by atoms with Crippen LogP contribution in [-0.4, -0.2) is 25.8 Å². The zero-order chi connectivity index (χ0) is 28.3. The summed E-state index contributed by atoms with van der Waals surface area (Å²) in [6.07, 6.45) is 3.92. The second-order valence-corrected chi connectivity index (χ2v) is 9.75. The minimum absolute atomic E-state index is 0.0316. The van der Waals surface area contributed by atoms with Crippen LogP contribution in [0.4, 0.5) is 8.78 Å². The molecule has 6 rings (SSSR count). The molecule has 0 unspecified atom stereocenters. The van der Waals surface area contributed by atoms with E-state index in [1.165, 1.54) is 18.5 Å². The molecule has 0 atom stereocenters. The summed E-state index contributed by atoms with van der Waals surface area (Å²) in [6.45, 7) is 0.292. The number of benzene rings is 3. The Balaban J connectivity index is 1.25. The molecule has 3 heterocycles. The normalized spacial score (nSPS) is 11.2. The maximum absolute atomic E-state index is 15.4. The lowest BCUT2D eigenvalue weighted by molar-refractivity contribution is 0.112. The van der Waals surface area contributed by atoms with Crippen molar-refractivity contribution in [2.45, 2.75) is 19.6 Å². The van der Waals surface area contributed by atoms with E-state index < -0.39 is 11.6 Å². The molecule has 0 amide bonds. The van der Waals surface area contributed by atoms with Crippen molar-refractivity contribution in [3.8, 4) is 17.1 Å². The number of pyridine rings is 1. The van der Waals surface area contributed by atoms with Crippen molar-refractivity contribution >= 4 is 28.9 Å². The smallest absolute Gasteiger partial charge is 0.214 e. The van der Waals surface area contributed by atoms with Crippen LogP contribution < -0.4 is 4.74 Å². The molecule has 0 saturated carbocycles. The lowest BCUT2D eigenvalue weighted by Gasteiger charge is -2.11. The summed E-state index contributed by atoms with van der Waals surface area (Å²) in [4.78, 5) is 24.5. The minimum atomic E-state index is -0.468. The predicted octanol–water partition coefficient (Wildman–Crippen LogP) is 7.05. The van der Waals surface area contributed by atoms with Gasteiger partial charge in [-0.05, 0) is 48.0 Å². The maximum atomic E-state index is 15.4. The van der Waals surface area contributed by atoms with E-state index in [1.54, 1.807) is 66.9 Å². The highest BCUT2D eigenvalue weighted by molar-refractivity contribution is 6.30. The molecular weight excluding hydrogens is 550 g/mol. The molecule has 10 heteroatoms. The fourth-order valence-corrected chi connectivity index (χ4v) is 4.68. The largest absolute Gasteiger partial charge is 0.473 e. The molecule has 0 aliphatic carbocycles. The van der Waals surface area contributed by atoms with Gasteiger partial charge in [0.15, 0.2) is 6.39 Å². The highest BCUT2D eigenvalue weighted by Crippen LogP contribution is 2.26. The van der Waals surface area contributed by atoms with Crippen LogP contribution in [0.2, 0.25) is 5.02 Å². The molecule has 7 nitrogen and oxygen atoms in total. The van der Waals surface area contributed by atoms with Gasteiger partial charge in [-0.15, -0.1) is 0 Å². The number of rotatable bonds is 9. The number of fused-ring (bicyclic) bond motifs is 1. The monoisotopic (exact) mass is 570 g/mol. The zero-order valence-corrected chi connectivity index (χ0v) is 22.2. The minimum Gasteiger partial charge on any atom is -0.473 e. The van der Waals surface area contributed by atoms with Gasteiger partial charge in [-0.25, -0.2) is 23.7 Å². The van der Waals surface area contributed by atoms with E-state index in [2.05, 4.69) is 9.97 Å². The summed E-state index contributed by atoms with van der Waals surface area (Å²) in [5.41, 5.74) is 3.76. The molecule has 41 heavy (non-hydrogen) atoms. The third-order valence-electron chi connectivity index (χ3n) is 6.60. The highest BCUT2D eigenvalue weighted by Gasteiger charge is 2.16. The first-order valence-electron chi connectivity index (χ1n) is 12.6. The van der Waals surface area contributed by atoms with Crippen LogP contribution >= 0.6 is 11.6 Å². The lowest BCUT2D eigenvalue weighted by Crippen LogP contribution is -2.07. The predicted molar refractivity (Wildman–Crippen MR) is 149 cm³/mol. The van der Waals surface area contributed by atoms with Crippen molar-refractivity contribution in [2.24, 2.45) is 0 Å². The number of nitrogens with zero attached hydrogens (tertiary/aromatic N) is 4. The SMILES string of the molecule is O=Cc1ccc2nc(Cc3ccc(-c4cccc(OCc5ccc(Cl)cc5F)n4)cc3F)n(Cc3cnco3)c2c1. The summed E-state index contributed by atoms with van der Waals surface area (Å²) in [5, 5.41) is 0.302. The van der Waals surface area contributed by atoms with E-state index in [0.29, 0.717) is 56.6 Å². The van der Waals surface area contributed by atoms with E-state index in [9.17, 15) is 9.18 Å². The first kappa shape index (κ1) is 26.3. The lowest BCUT2D eigenvalue weighted by atomic mass is 10.1. The van der Waals surface area contributed by atoms with Crippen LogP contribution in [0.3, 0.4) is 0 Å². The van der Waals surface area contributed by atoms with E-state index in [4.69, 9.17) is 25.7 Å². The standard InChI is InChI=1S/C31H21ClF2N4O3/c32-23-8-7-22(26(34)13-23)17-40-31-3-1-2-27(37-31)21-6-5-20(25(33)11-21)12-30-36-28-9-4-19(16-39)10-29(28)38(30)15-24-14-35-18-41-24/h1-11,13-14,16,18H,12,15,17H2. The quantitative estimate of drug-likeness (QED) is 0.173. The topological polar surface area (TPSA) is 83.0 Å². The summed E-state index contributed by atoms with van der Waals surface area (Å²) in [6, 6.07) is 19.6. The van der Waals surface area contributed by atoms with Gasteiger partial charge < -0.3 is 13.7 Å². The number of hydrogen-bond acceptors (Lipinski definition) is 6. The molecule has 6 aromatic rings. The van der Waals surface area contributed by atoms with Crippen molar-refractivity contribution < 1.29 is 22.7 Å². The van der Waals surface area contributed by atoms with Gasteiger partial charge in [0.05, 0.1) is 29.5 Å². The molecule has 0 saturated heterocycles. The number of oxazole rings is 1. The maximum Gasteiger partial charge on any atom is 0.214 e. The number of hydrogen-bond donors (Lipinski definition) is 0. The van der Waals surface area contributed by atoms with E-state index in [1.807, 2.05) is 4.57 Å². The van der Waals surface area contributed by atoms with Gasteiger partial charge in [-0.1, -0.05) is 35.9 Å². The molecule has 204 valence electrons. The number of carbonyl (C=O) groups is 1. The van der Waals surface area contributed by atoms with Gasteiger partial charge in [0.1, 0.15) is 36.1 Å². The number of aldehydes is 1. The molecular formula is C31H21ClF2N4O3. The Bertz CT molecular complexity index is 1870. The Morgan fingerprint density at radius 3 is 2.59 bits per heavy atom. The zero-order valence-electron chi connectivity index (χ0n) is 21.4. The van der Waals surface area contributed by atoms with Gasteiger partial charge in [0.2, 0.25) is 5.88 Å². The molecule has 0 aliphatic heterocycles. The summed E-state index contributed by atoms with van der Waals surface area (Å²) < 4.78 is 42.5. The van der Waals surface area contributed by atoms with Crippen molar-refractivity contribution in [1.82, 2.24) is 19.5 Å². The van der Waals surface area contributed by atoms with Crippen LogP contribution in [0.25, 0.3) is 22.3 Å². The molecule has 3 aromatic carbocycles. The number of aromatic nitrogens is 4. The number of ether oxygens (including phenoxy) is 1. The number of imidazole rings is 1. The first-order valence-corrected chi connectivity index (χ1v) is 13.0. The van der Waals surface area contributed by atoms with Crippen molar-refractivity contribution in [3.63, 3.8) is 0 Å². The molecule has 0 bridgehead atoms. The van der Waals surface area contributed by atoms with Crippen LogP contribution in [0, 0.1) is 11.6 Å². The van der Waals surface area contributed by atoms with Crippen LogP contribution in [0.5, 0.6) is 5.88 Å². The molecule has 0 fully saturated rings. The van der Waals surface area contributed by atoms with E-state index in [0.717, 1.165) is 11.8 Å². The van der Waals surface area contributed by atoms with E-state index in [-0.39, 0.29) is 18.9 Å². The van der Waals surface area contributed by atoms with Gasteiger partial charge in [-0.3, -0.25) is 4.79 Å². The van der Waals surface area contributed by atoms with Crippen LogP contribution in [0.1, 0.15) is 33.1 Å². The fraction of sp³-hybridized carbons (Fsp3) is 0.0968. The Kier molecular flexibility index (Phi) is 7.26. The molecule has 0 spiro atoms. The van der Waals surface area contributed by atoms with Gasteiger partial charge >= 0.3 is 0 Å². The second-order valence-electron chi connectivity index (χ2n) is 9.32. The Hall–Kier alpha value is -4.89. The molecule has 0 N–H and O–H groups in total. The van der Waals surface area contributed by atoms with Gasteiger partial charge in [0.25, 0.3) is 0 Å². The average Bonchev–Trinajstić information content (AvgIpc) is 3.61. The van der Waals surface area contributed by atoms with Gasteiger partial charge in [0, 0.05) is 34.2 Å². The number of carbonyl (C=O) groups excluding carboxylic acids is 1. The molecule has 0 radical (unpaired) electrons. The Labute approximate surface area is 238 Å². The van der Waals surface area contributed by atoms with Crippen LogP contribution in [-0.2, 0) is 19.6 Å². The van der Waals surface area contributed by atoms with Crippen molar-refractivity contribution in [2.75, 3.05) is 0 Å². The first-order chi connectivity index (χ1) is 20.0. The molecule has 0 aliphatic rings. The third kappa shape index (κ3) is 5.71. The van der Waals surface area contributed by atoms with Crippen LogP contribution in [0.15, 0.2) is 89.8 Å². The Morgan fingerprint density at radius 2 is 1.80 bits per heavy atom. The molecule has 3 aromatic heterocycles. The van der Waals surface area contributed by atoms with Crippen molar-refractivity contribution in [1.29, 1.82) is 0 Å². The number of halogens is 3. The average molecular weight is 571 g/mol. The highest BCUT2D eigenvalue weighted by atomic mass is 35.5.